The fourth-order valence-electron chi connectivity index (χ4n) is 2.34. The molecule has 0 bridgehead atoms. The fraction of sp³-hybridized carbons (Fsp3) is 0.400. The first kappa shape index (κ1) is 14.0. The van der Waals surface area contributed by atoms with Gasteiger partial charge in [-0.2, -0.15) is 0 Å². The minimum Gasteiger partial charge on any atom is -0.496 e. The predicted molar refractivity (Wildman–Crippen MR) is 80.0 cm³/mol. The molecule has 2 rings (SSSR count). The van der Waals surface area contributed by atoms with Crippen molar-refractivity contribution in [3.63, 3.8) is 0 Å². The second kappa shape index (κ2) is 5.72. The number of hydrogen-bond donors (Lipinski definition) is 1. The predicted octanol–water partition coefficient (Wildman–Crippen LogP) is 3.32. The molecule has 0 fully saturated rings. The van der Waals surface area contributed by atoms with E-state index in [-0.39, 0.29) is 6.04 Å². The minimum absolute atomic E-state index is 0.00128. The molecule has 2 N–H and O–H groups in total. The van der Waals surface area contributed by atoms with Gasteiger partial charge in [0.25, 0.3) is 0 Å². The highest BCUT2D eigenvalue weighted by Crippen LogP contribution is 2.29. The number of nitrogens with zero attached hydrogens (tertiary/aromatic N) is 1. The van der Waals surface area contributed by atoms with Gasteiger partial charge in [0.15, 0.2) is 0 Å². The van der Waals surface area contributed by atoms with Gasteiger partial charge in [-0.15, -0.1) is 11.3 Å². The van der Waals surface area contributed by atoms with Crippen LogP contribution in [0.4, 0.5) is 0 Å². The second-order valence-electron chi connectivity index (χ2n) is 4.82. The normalized spacial score (nSPS) is 12.5. The van der Waals surface area contributed by atoms with Crippen LogP contribution in [0.5, 0.6) is 5.75 Å². The van der Waals surface area contributed by atoms with Gasteiger partial charge in [-0.1, -0.05) is 0 Å². The number of rotatable bonds is 4. The molecule has 0 aliphatic heterocycles. The minimum atomic E-state index is -0.00128. The van der Waals surface area contributed by atoms with Gasteiger partial charge in [0, 0.05) is 40.4 Å². The number of aromatic nitrogens is 1. The van der Waals surface area contributed by atoms with E-state index in [9.17, 15) is 0 Å². The Kier molecular flexibility index (Phi) is 4.22. The van der Waals surface area contributed by atoms with E-state index in [1.165, 1.54) is 10.4 Å². The molecule has 2 aromatic heterocycles. The van der Waals surface area contributed by atoms with E-state index in [0.717, 1.165) is 29.0 Å². The molecule has 4 heteroatoms. The molecule has 0 aromatic carbocycles. The van der Waals surface area contributed by atoms with Gasteiger partial charge < -0.3 is 10.5 Å². The summed E-state index contributed by atoms with van der Waals surface area (Å²) in [6, 6.07) is 2.11. The van der Waals surface area contributed by atoms with Crippen molar-refractivity contribution in [3.8, 4) is 5.75 Å². The smallest absolute Gasteiger partial charge is 0.128 e. The van der Waals surface area contributed by atoms with Crippen molar-refractivity contribution in [3.05, 3.63) is 44.9 Å². The highest BCUT2D eigenvalue weighted by molar-refractivity contribution is 7.10. The summed E-state index contributed by atoms with van der Waals surface area (Å²) in [7, 11) is 1.70. The van der Waals surface area contributed by atoms with E-state index in [1.807, 2.05) is 20.0 Å². The molecule has 0 aliphatic rings. The van der Waals surface area contributed by atoms with Crippen molar-refractivity contribution in [2.75, 3.05) is 7.11 Å². The Hall–Kier alpha value is -1.39. The van der Waals surface area contributed by atoms with Crippen LogP contribution in [-0.2, 0) is 6.42 Å². The number of methoxy groups -OCH3 is 1. The van der Waals surface area contributed by atoms with E-state index in [0.29, 0.717) is 0 Å². The fourth-order valence-corrected chi connectivity index (χ4v) is 3.27. The molecule has 1 unspecified atom stereocenters. The van der Waals surface area contributed by atoms with Gasteiger partial charge in [0.1, 0.15) is 5.75 Å². The first-order valence-corrected chi connectivity index (χ1v) is 7.21. The summed E-state index contributed by atoms with van der Waals surface area (Å²) in [5, 5.41) is 2.08. The topological polar surface area (TPSA) is 48.1 Å². The number of thiophene rings is 1. The van der Waals surface area contributed by atoms with Gasteiger partial charge in [-0.3, -0.25) is 4.98 Å². The van der Waals surface area contributed by atoms with Crippen LogP contribution in [0, 0.1) is 20.8 Å². The van der Waals surface area contributed by atoms with Gasteiger partial charge in [-0.05, 0) is 37.8 Å². The van der Waals surface area contributed by atoms with E-state index in [2.05, 4.69) is 23.4 Å². The molecule has 1 atom stereocenters. The quantitative estimate of drug-likeness (QED) is 0.932. The Labute approximate surface area is 118 Å². The summed E-state index contributed by atoms with van der Waals surface area (Å²) in [4.78, 5) is 5.75. The number of hydrogen-bond acceptors (Lipinski definition) is 4. The lowest BCUT2D eigenvalue weighted by atomic mass is 10.0. The first-order chi connectivity index (χ1) is 9.04. The van der Waals surface area contributed by atoms with Crippen LogP contribution in [0.15, 0.2) is 17.6 Å². The van der Waals surface area contributed by atoms with E-state index in [4.69, 9.17) is 10.5 Å². The maximum absolute atomic E-state index is 6.30. The second-order valence-corrected chi connectivity index (χ2v) is 5.77. The highest BCUT2D eigenvalue weighted by Gasteiger charge is 2.16. The van der Waals surface area contributed by atoms with Crippen molar-refractivity contribution in [1.29, 1.82) is 0 Å². The zero-order chi connectivity index (χ0) is 14.0. The van der Waals surface area contributed by atoms with Crippen LogP contribution in [0.2, 0.25) is 0 Å². The molecule has 2 heterocycles. The van der Waals surface area contributed by atoms with Crippen LogP contribution in [0.25, 0.3) is 0 Å². The third-order valence-electron chi connectivity index (χ3n) is 3.40. The molecule has 0 amide bonds. The van der Waals surface area contributed by atoms with Gasteiger partial charge in [0.05, 0.1) is 7.11 Å². The zero-order valence-electron chi connectivity index (χ0n) is 11.9. The summed E-state index contributed by atoms with van der Waals surface area (Å²) in [5.74, 6) is 0.917. The number of nitrogens with two attached hydrogens (primary N) is 1. The molecular formula is C15H20N2OS. The highest BCUT2D eigenvalue weighted by atomic mass is 32.1. The summed E-state index contributed by atoms with van der Waals surface area (Å²) in [5.41, 5.74) is 10.7. The maximum Gasteiger partial charge on any atom is 0.128 e. The molecule has 102 valence electrons. The molecule has 2 aromatic rings. The summed E-state index contributed by atoms with van der Waals surface area (Å²) in [6.45, 7) is 6.15. The average Bonchev–Trinajstić information content (AvgIpc) is 2.80. The lowest BCUT2D eigenvalue weighted by molar-refractivity contribution is 0.406. The van der Waals surface area contributed by atoms with Crippen molar-refractivity contribution < 1.29 is 4.74 Å². The molecule has 0 saturated carbocycles. The third-order valence-corrected chi connectivity index (χ3v) is 4.55. The van der Waals surface area contributed by atoms with Crippen molar-refractivity contribution >= 4 is 11.3 Å². The lowest BCUT2D eigenvalue weighted by Crippen LogP contribution is -2.15. The Morgan fingerprint density at radius 2 is 2.05 bits per heavy atom. The number of ether oxygens (including phenoxy) is 1. The molecule has 0 aliphatic carbocycles. The van der Waals surface area contributed by atoms with Crippen LogP contribution in [0.3, 0.4) is 0 Å². The first-order valence-electron chi connectivity index (χ1n) is 6.33. The molecule has 0 radical (unpaired) electrons. The number of pyridine rings is 1. The van der Waals surface area contributed by atoms with E-state index >= 15 is 0 Å². The Balaban J connectivity index is 2.27. The standard InChI is InChI=1S/C15H20N2OS/c1-9-5-6-19-15(9)12(16)7-13-11(3)14(18-4)10(2)8-17-13/h5-6,8,12H,7,16H2,1-4H3. The largest absolute Gasteiger partial charge is 0.496 e. The van der Waals surface area contributed by atoms with Crippen LogP contribution >= 0.6 is 11.3 Å². The van der Waals surface area contributed by atoms with Crippen molar-refractivity contribution in [2.45, 2.75) is 33.2 Å². The third kappa shape index (κ3) is 2.80. The van der Waals surface area contributed by atoms with Crippen molar-refractivity contribution in [2.24, 2.45) is 5.73 Å². The van der Waals surface area contributed by atoms with E-state index < -0.39 is 0 Å². The van der Waals surface area contributed by atoms with Gasteiger partial charge in [0.2, 0.25) is 0 Å². The molecule has 3 nitrogen and oxygen atoms in total. The summed E-state index contributed by atoms with van der Waals surface area (Å²) in [6.07, 6.45) is 2.60. The average molecular weight is 276 g/mol. The Morgan fingerprint density at radius 1 is 1.32 bits per heavy atom. The van der Waals surface area contributed by atoms with Crippen LogP contribution in [-0.4, -0.2) is 12.1 Å². The molecular weight excluding hydrogens is 256 g/mol. The molecule has 0 saturated heterocycles. The summed E-state index contributed by atoms with van der Waals surface area (Å²) < 4.78 is 5.43. The van der Waals surface area contributed by atoms with Crippen LogP contribution in [0.1, 0.15) is 33.3 Å². The monoisotopic (exact) mass is 276 g/mol. The lowest BCUT2D eigenvalue weighted by Gasteiger charge is -2.15. The summed E-state index contributed by atoms with van der Waals surface area (Å²) >= 11 is 1.71. The Morgan fingerprint density at radius 3 is 2.63 bits per heavy atom. The molecule has 0 spiro atoms. The zero-order valence-corrected chi connectivity index (χ0v) is 12.7. The maximum atomic E-state index is 6.30. The van der Waals surface area contributed by atoms with Crippen molar-refractivity contribution in [1.82, 2.24) is 4.98 Å². The van der Waals surface area contributed by atoms with Gasteiger partial charge >= 0.3 is 0 Å². The number of aryl methyl sites for hydroxylation is 2. The van der Waals surface area contributed by atoms with Gasteiger partial charge in [-0.25, -0.2) is 0 Å². The Bertz CT molecular complexity index is 578. The van der Waals surface area contributed by atoms with Crippen LogP contribution < -0.4 is 10.5 Å². The molecule has 19 heavy (non-hydrogen) atoms. The van der Waals surface area contributed by atoms with E-state index in [1.54, 1.807) is 18.4 Å². The SMILES string of the molecule is COc1c(C)cnc(CC(N)c2sccc2C)c1C.